The van der Waals surface area contributed by atoms with Gasteiger partial charge in [-0.05, 0) is 40.0 Å². The van der Waals surface area contributed by atoms with Gasteiger partial charge in [-0.1, -0.05) is 0 Å². The van der Waals surface area contributed by atoms with Crippen LogP contribution in [0.2, 0.25) is 26.2 Å². The third-order valence-corrected chi connectivity index (χ3v) is 6.51. The van der Waals surface area contributed by atoms with Crippen LogP contribution in [0.1, 0.15) is 13.8 Å². The van der Waals surface area contributed by atoms with Crippen LogP contribution in [-0.4, -0.2) is 42.2 Å². The molecule has 0 aromatic carbocycles. The van der Waals surface area contributed by atoms with Gasteiger partial charge in [-0.15, -0.1) is 0 Å². The molecule has 0 spiro atoms. The fraction of sp³-hybridized carbons (Fsp3) is 1.00. The molecule has 0 aliphatic heterocycles. The Kier molecular flexibility index (Phi) is 6.94. The summed E-state index contributed by atoms with van der Waals surface area (Å²) < 4.78 is 11.5. The lowest BCUT2D eigenvalue weighted by molar-refractivity contribution is 0.321. The monoisotopic (exact) mass is 249 g/mol. The van der Waals surface area contributed by atoms with E-state index in [0.29, 0.717) is 0 Å². The first kappa shape index (κ1) is 15.3. The Morgan fingerprint density at radius 2 is 1.13 bits per heavy atom. The number of rotatable bonds is 8. The highest BCUT2D eigenvalue weighted by Crippen LogP contribution is 2.05. The predicted molar refractivity (Wildman–Crippen MR) is 71.1 cm³/mol. The van der Waals surface area contributed by atoms with Gasteiger partial charge in [0.25, 0.3) is 0 Å². The van der Waals surface area contributed by atoms with Crippen LogP contribution in [0.15, 0.2) is 0 Å². The molecule has 15 heavy (non-hydrogen) atoms. The first-order chi connectivity index (χ1) is 6.83. The van der Waals surface area contributed by atoms with Crippen molar-refractivity contribution >= 4 is 16.6 Å². The average molecular weight is 250 g/mol. The Morgan fingerprint density at radius 1 is 0.800 bits per heavy atom. The zero-order chi connectivity index (χ0) is 11.9. The van der Waals surface area contributed by atoms with E-state index in [1.807, 2.05) is 0 Å². The normalized spacial score (nSPS) is 13.2. The van der Waals surface area contributed by atoms with Crippen molar-refractivity contribution < 1.29 is 8.85 Å². The second-order valence-electron chi connectivity index (χ2n) is 4.99. The Labute approximate surface area is 96.8 Å². The molecule has 1 N–H and O–H groups in total. The maximum atomic E-state index is 5.76. The Bertz CT molecular complexity index is 157. The molecule has 0 aliphatic rings. The third kappa shape index (κ3) is 8.16. The SMILES string of the molecule is CCO[Si](C)(C)CNC[Si](C)(C)OCC. The van der Waals surface area contributed by atoms with Crippen molar-refractivity contribution in [3.8, 4) is 0 Å². The first-order valence-corrected chi connectivity index (χ1v) is 12.0. The van der Waals surface area contributed by atoms with Crippen LogP contribution in [0.4, 0.5) is 0 Å². The van der Waals surface area contributed by atoms with Gasteiger partial charge in [-0.3, -0.25) is 0 Å². The predicted octanol–water partition coefficient (Wildman–Crippen LogP) is 2.14. The molecule has 5 heteroatoms. The highest BCUT2D eigenvalue weighted by molar-refractivity contribution is 6.72. The zero-order valence-electron chi connectivity index (χ0n) is 11.1. The van der Waals surface area contributed by atoms with E-state index in [9.17, 15) is 0 Å². The standard InChI is InChI=1S/C10H27NO2Si2/c1-7-12-14(3,4)9-11-10-15(5,6)13-8-2/h11H,7-10H2,1-6H3. The highest BCUT2D eigenvalue weighted by atomic mass is 28.4. The van der Waals surface area contributed by atoms with Gasteiger partial charge in [0.05, 0.1) is 0 Å². The number of hydrogen-bond donors (Lipinski definition) is 1. The molecular weight excluding hydrogens is 222 g/mol. The molecule has 0 amide bonds. The minimum Gasteiger partial charge on any atom is -0.416 e. The summed E-state index contributed by atoms with van der Waals surface area (Å²) in [5, 5.41) is 3.51. The Balaban J connectivity index is 3.77. The molecule has 92 valence electrons. The molecule has 0 bridgehead atoms. The lowest BCUT2D eigenvalue weighted by Gasteiger charge is -2.26. The maximum absolute atomic E-state index is 5.76. The van der Waals surface area contributed by atoms with Crippen LogP contribution in [0.5, 0.6) is 0 Å². The number of nitrogens with one attached hydrogen (secondary N) is 1. The molecule has 3 nitrogen and oxygen atoms in total. The minimum absolute atomic E-state index is 0.827. The van der Waals surface area contributed by atoms with E-state index in [4.69, 9.17) is 8.85 Å². The van der Waals surface area contributed by atoms with Crippen LogP contribution in [0.25, 0.3) is 0 Å². The van der Waals surface area contributed by atoms with Crippen molar-refractivity contribution in [3.63, 3.8) is 0 Å². The van der Waals surface area contributed by atoms with Crippen molar-refractivity contribution in [2.75, 3.05) is 25.5 Å². The fourth-order valence-corrected chi connectivity index (χ4v) is 5.02. The Hall–Kier alpha value is 0.314. The molecule has 0 unspecified atom stereocenters. The van der Waals surface area contributed by atoms with E-state index in [1.165, 1.54) is 0 Å². The maximum Gasteiger partial charge on any atom is 0.200 e. The van der Waals surface area contributed by atoms with E-state index >= 15 is 0 Å². The summed E-state index contributed by atoms with van der Waals surface area (Å²) in [6, 6.07) is 0. The van der Waals surface area contributed by atoms with E-state index < -0.39 is 16.6 Å². The van der Waals surface area contributed by atoms with Crippen molar-refractivity contribution in [2.24, 2.45) is 0 Å². The summed E-state index contributed by atoms with van der Waals surface area (Å²) in [6.07, 6.45) is 2.04. The molecule has 0 saturated carbocycles. The van der Waals surface area contributed by atoms with Crippen molar-refractivity contribution in [2.45, 2.75) is 40.0 Å². The molecule has 0 radical (unpaired) electrons. The summed E-state index contributed by atoms with van der Waals surface area (Å²) in [4.78, 5) is 0. The second kappa shape index (κ2) is 6.80. The van der Waals surface area contributed by atoms with Gasteiger partial charge in [0.15, 0.2) is 16.6 Å². The lowest BCUT2D eigenvalue weighted by Crippen LogP contribution is -2.49. The minimum atomic E-state index is -1.47. The smallest absolute Gasteiger partial charge is 0.200 e. The van der Waals surface area contributed by atoms with Gasteiger partial charge >= 0.3 is 0 Å². The molecule has 0 saturated heterocycles. The zero-order valence-corrected chi connectivity index (χ0v) is 13.1. The average Bonchev–Trinajstić information content (AvgIpc) is 2.02. The Morgan fingerprint density at radius 3 is 1.40 bits per heavy atom. The summed E-state index contributed by atoms with van der Waals surface area (Å²) in [5.74, 6) is 0. The topological polar surface area (TPSA) is 30.5 Å². The molecule has 0 heterocycles. The van der Waals surface area contributed by atoms with Crippen LogP contribution >= 0.6 is 0 Å². The van der Waals surface area contributed by atoms with E-state index in [0.717, 1.165) is 25.5 Å². The molecular formula is C10H27NO2Si2. The summed E-state index contributed by atoms with van der Waals surface area (Å²) in [6.45, 7) is 14.8. The largest absolute Gasteiger partial charge is 0.416 e. The van der Waals surface area contributed by atoms with Crippen LogP contribution < -0.4 is 5.32 Å². The molecule has 0 aliphatic carbocycles. The molecule has 0 aromatic rings. The summed E-state index contributed by atoms with van der Waals surface area (Å²) in [7, 11) is -2.94. The van der Waals surface area contributed by atoms with Gasteiger partial charge in [0.1, 0.15) is 0 Å². The van der Waals surface area contributed by atoms with E-state index in [1.54, 1.807) is 0 Å². The first-order valence-electron chi connectivity index (χ1n) is 5.81. The summed E-state index contributed by atoms with van der Waals surface area (Å²) in [5.41, 5.74) is 0. The van der Waals surface area contributed by atoms with E-state index in [-0.39, 0.29) is 0 Å². The van der Waals surface area contributed by atoms with Gasteiger partial charge in [0, 0.05) is 25.5 Å². The highest BCUT2D eigenvalue weighted by Gasteiger charge is 2.25. The molecule has 0 rings (SSSR count). The third-order valence-electron chi connectivity index (χ3n) is 2.17. The van der Waals surface area contributed by atoms with Crippen molar-refractivity contribution in [1.29, 1.82) is 0 Å². The molecule has 0 aromatic heterocycles. The fourth-order valence-electron chi connectivity index (χ4n) is 1.55. The van der Waals surface area contributed by atoms with Crippen LogP contribution in [0.3, 0.4) is 0 Å². The van der Waals surface area contributed by atoms with Gasteiger partial charge in [0.2, 0.25) is 0 Å². The lowest BCUT2D eigenvalue weighted by atomic mass is 10.9. The van der Waals surface area contributed by atoms with Crippen molar-refractivity contribution in [3.05, 3.63) is 0 Å². The van der Waals surface area contributed by atoms with Gasteiger partial charge < -0.3 is 14.2 Å². The molecule has 0 atom stereocenters. The van der Waals surface area contributed by atoms with Gasteiger partial charge in [-0.25, -0.2) is 0 Å². The van der Waals surface area contributed by atoms with E-state index in [2.05, 4.69) is 45.4 Å². The molecule has 0 fully saturated rings. The van der Waals surface area contributed by atoms with Gasteiger partial charge in [-0.2, -0.15) is 0 Å². The van der Waals surface area contributed by atoms with Crippen molar-refractivity contribution in [1.82, 2.24) is 5.32 Å². The van der Waals surface area contributed by atoms with Crippen LogP contribution in [0, 0.1) is 0 Å². The quantitative estimate of drug-likeness (QED) is 0.669. The second-order valence-corrected chi connectivity index (χ2v) is 13.3. The number of hydrogen-bond acceptors (Lipinski definition) is 3. The summed E-state index contributed by atoms with van der Waals surface area (Å²) >= 11 is 0. The van der Waals surface area contributed by atoms with Crippen LogP contribution in [-0.2, 0) is 8.85 Å².